The zero-order valence-electron chi connectivity index (χ0n) is 15.1. The Balaban J connectivity index is 1.46. The molecule has 1 aromatic heterocycles. The van der Waals surface area contributed by atoms with Crippen molar-refractivity contribution in [3.05, 3.63) is 46.0 Å². The number of hydrogen-bond acceptors (Lipinski definition) is 5. The molecule has 1 fully saturated rings. The Morgan fingerprint density at radius 3 is 2.70 bits per heavy atom. The fourth-order valence-electron chi connectivity index (χ4n) is 3.02. The molecule has 8 heteroatoms. The minimum atomic E-state index is 0.145. The number of benzene rings is 1. The van der Waals surface area contributed by atoms with Crippen LogP contribution in [0.25, 0.3) is 0 Å². The van der Waals surface area contributed by atoms with Crippen LogP contribution in [0.4, 0.5) is 11.5 Å². The van der Waals surface area contributed by atoms with Crippen molar-refractivity contribution >= 4 is 44.9 Å². The maximum Gasteiger partial charge on any atom is 0.224 e. The van der Waals surface area contributed by atoms with E-state index in [1.807, 2.05) is 23.1 Å². The number of nitrogens with zero attached hydrogens (tertiary/aromatic N) is 3. The van der Waals surface area contributed by atoms with Crippen molar-refractivity contribution in [2.24, 2.45) is 0 Å². The van der Waals surface area contributed by atoms with E-state index in [2.05, 4.69) is 31.1 Å². The number of pyridine rings is 1. The summed E-state index contributed by atoms with van der Waals surface area (Å²) in [4.78, 5) is 21.0. The van der Waals surface area contributed by atoms with Gasteiger partial charge in [-0.1, -0.05) is 11.6 Å². The zero-order chi connectivity index (χ0) is 19.2. The van der Waals surface area contributed by atoms with Gasteiger partial charge in [0.15, 0.2) is 0 Å². The maximum atomic E-state index is 12.5. The molecule has 0 saturated carbocycles. The van der Waals surface area contributed by atoms with E-state index in [9.17, 15) is 4.79 Å². The van der Waals surface area contributed by atoms with Gasteiger partial charge < -0.3 is 19.9 Å². The highest BCUT2D eigenvalue weighted by Crippen LogP contribution is 2.27. The molecule has 1 aliphatic heterocycles. The van der Waals surface area contributed by atoms with Gasteiger partial charge in [0.2, 0.25) is 5.91 Å². The summed E-state index contributed by atoms with van der Waals surface area (Å²) in [5.74, 6) is 1.80. The van der Waals surface area contributed by atoms with Crippen LogP contribution in [0.2, 0.25) is 5.02 Å². The zero-order valence-corrected chi connectivity index (χ0v) is 17.5. The number of hydrogen-bond donors (Lipinski definition) is 1. The summed E-state index contributed by atoms with van der Waals surface area (Å²) in [5.41, 5.74) is 0.795. The van der Waals surface area contributed by atoms with Gasteiger partial charge in [-0.3, -0.25) is 4.79 Å². The Labute approximate surface area is 172 Å². The molecule has 27 heavy (non-hydrogen) atoms. The number of carbonyl (C=O) groups is 1. The molecule has 0 bridgehead atoms. The quantitative estimate of drug-likeness (QED) is 0.723. The second-order valence-electron chi connectivity index (χ2n) is 6.22. The highest BCUT2D eigenvalue weighted by Gasteiger charge is 2.21. The smallest absolute Gasteiger partial charge is 0.224 e. The van der Waals surface area contributed by atoms with Crippen LogP contribution in [-0.2, 0) is 4.79 Å². The molecule has 1 aromatic carbocycles. The van der Waals surface area contributed by atoms with E-state index in [1.54, 1.807) is 25.4 Å². The highest BCUT2D eigenvalue weighted by atomic mass is 79.9. The molecule has 1 amide bonds. The molecule has 2 heterocycles. The second kappa shape index (κ2) is 9.28. The first-order valence-corrected chi connectivity index (χ1v) is 9.95. The van der Waals surface area contributed by atoms with Crippen LogP contribution in [0, 0.1) is 0 Å². The van der Waals surface area contributed by atoms with Crippen LogP contribution in [0.5, 0.6) is 5.75 Å². The average molecular weight is 454 g/mol. The minimum absolute atomic E-state index is 0.145. The SMILES string of the molecule is COc1ccc(Cl)cc1NCCC(=O)N1CCN(c2ccc(Br)cn2)CC1. The molecule has 1 N–H and O–H groups in total. The molecule has 0 aliphatic carbocycles. The van der Waals surface area contributed by atoms with E-state index < -0.39 is 0 Å². The normalized spacial score (nSPS) is 14.2. The number of halogens is 2. The van der Waals surface area contributed by atoms with E-state index in [0.29, 0.717) is 36.8 Å². The number of ether oxygens (including phenoxy) is 1. The number of carbonyl (C=O) groups excluding carboxylic acids is 1. The van der Waals surface area contributed by atoms with Crippen LogP contribution >= 0.6 is 27.5 Å². The lowest BCUT2D eigenvalue weighted by molar-refractivity contribution is -0.131. The van der Waals surface area contributed by atoms with Gasteiger partial charge in [0.05, 0.1) is 12.8 Å². The summed E-state index contributed by atoms with van der Waals surface area (Å²) in [5, 5.41) is 3.86. The van der Waals surface area contributed by atoms with Gasteiger partial charge in [-0.2, -0.15) is 0 Å². The molecule has 1 saturated heterocycles. The molecule has 2 aromatic rings. The lowest BCUT2D eigenvalue weighted by Gasteiger charge is -2.35. The van der Waals surface area contributed by atoms with Crippen LogP contribution in [0.3, 0.4) is 0 Å². The molecule has 1 aliphatic rings. The first kappa shape index (κ1) is 19.8. The number of rotatable bonds is 6. The average Bonchev–Trinajstić information content (AvgIpc) is 2.69. The number of anilines is 2. The summed E-state index contributed by atoms with van der Waals surface area (Å²) in [6.45, 7) is 3.52. The van der Waals surface area contributed by atoms with Crippen LogP contribution < -0.4 is 15.0 Å². The Hall–Kier alpha value is -1.99. The lowest BCUT2D eigenvalue weighted by Crippen LogP contribution is -2.49. The molecule has 6 nitrogen and oxygen atoms in total. The van der Waals surface area contributed by atoms with Gasteiger partial charge in [-0.05, 0) is 46.3 Å². The third kappa shape index (κ3) is 5.26. The summed E-state index contributed by atoms with van der Waals surface area (Å²) >= 11 is 9.42. The van der Waals surface area contributed by atoms with Gasteiger partial charge in [-0.15, -0.1) is 0 Å². The highest BCUT2D eigenvalue weighted by molar-refractivity contribution is 9.10. The van der Waals surface area contributed by atoms with E-state index in [-0.39, 0.29) is 5.91 Å². The van der Waals surface area contributed by atoms with Crippen molar-refractivity contribution in [3.63, 3.8) is 0 Å². The van der Waals surface area contributed by atoms with Crippen molar-refractivity contribution in [1.82, 2.24) is 9.88 Å². The van der Waals surface area contributed by atoms with Gasteiger partial charge >= 0.3 is 0 Å². The fourth-order valence-corrected chi connectivity index (χ4v) is 3.43. The van der Waals surface area contributed by atoms with E-state index >= 15 is 0 Å². The predicted molar refractivity (Wildman–Crippen MR) is 112 cm³/mol. The van der Waals surface area contributed by atoms with Gasteiger partial charge in [0.25, 0.3) is 0 Å². The Bertz CT molecular complexity index is 780. The lowest BCUT2D eigenvalue weighted by atomic mass is 10.2. The minimum Gasteiger partial charge on any atom is -0.495 e. The van der Waals surface area contributed by atoms with Crippen molar-refractivity contribution < 1.29 is 9.53 Å². The van der Waals surface area contributed by atoms with E-state index in [1.165, 1.54) is 0 Å². The Kier molecular flexibility index (Phi) is 6.79. The van der Waals surface area contributed by atoms with E-state index in [4.69, 9.17) is 16.3 Å². The third-order valence-corrected chi connectivity index (χ3v) is 5.19. The monoisotopic (exact) mass is 452 g/mol. The van der Waals surface area contributed by atoms with E-state index in [0.717, 1.165) is 29.1 Å². The third-order valence-electron chi connectivity index (χ3n) is 4.48. The van der Waals surface area contributed by atoms with Crippen molar-refractivity contribution in [2.75, 3.05) is 50.1 Å². The van der Waals surface area contributed by atoms with Gasteiger partial charge in [0, 0.05) is 54.8 Å². The number of aromatic nitrogens is 1. The van der Waals surface area contributed by atoms with Crippen molar-refractivity contribution in [1.29, 1.82) is 0 Å². The number of piperazine rings is 1. The summed E-state index contributed by atoms with van der Waals surface area (Å²) in [6, 6.07) is 9.35. The molecule has 144 valence electrons. The van der Waals surface area contributed by atoms with Crippen LogP contribution in [0.15, 0.2) is 41.0 Å². The van der Waals surface area contributed by atoms with Crippen molar-refractivity contribution in [2.45, 2.75) is 6.42 Å². The Morgan fingerprint density at radius 2 is 2.04 bits per heavy atom. The first-order valence-electron chi connectivity index (χ1n) is 8.78. The molecular formula is C19H22BrClN4O2. The molecule has 0 spiro atoms. The van der Waals surface area contributed by atoms with Crippen molar-refractivity contribution in [3.8, 4) is 5.75 Å². The Morgan fingerprint density at radius 1 is 1.26 bits per heavy atom. The maximum absolute atomic E-state index is 12.5. The van der Waals surface area contributed by atoms with Gasteiger partial charge in [-0.25, -0.2) is 4.98 Å². The molecule has 3 rings (SSSR count). The fraction of sp³-hybridized carbons (Fsp3) is 0.368. The molecule has 0 unspecified atom stereocenters. The predicted octanol–water partition coefficient (Wildman–Crippen LogP) is 3.66. The molecular weight excluding hydrogens is 432 g/mol. The van der Waals surface area contributed by atoms with Crippen LogP contribution in [-0.4, -0.2) is 55.6 Å². The van der Waals surface area contributed by atoms with Crippen LogP contribution in [0.1, 0.15) is 6.42 Å². The molecule has 0 radical (unpaired) electrons. The second-order valence-corrected chi connectivity index (χ2v) is 7.58. The summed E-state index contributed by atoms with van der Waals surface area (Å²) < 4.78 is 6.27. The number of nitrogens with one attached hydrogen (secondary N) is 1. The molecule has 0 atom stereocenters. The van der Waals surface area contributed by atoms with Gasteiger partial charge in [0.1, 0.15) is 11.6 Å². The number of methoxy groups -OCH3 is 1. The number of amides is 1. The summed E-state index contributed by atoms with van der Waals surface area (Å²) in [7, 11) is 1.61. The topological polar surface area (TPSA) is 57.7 Å². The largest absolute Gasteiger partial charge is 0.495 e. The first-order chi connectivity index (χ1) is 13.1. The standard InChI is InChI=1S/C19H22BrClN4O2/c1-27-17-4-3-15(21)12-16(17)22-7-6-19(26)25-10-8-24(9-11-25)18-5-2-14(20)13-23-18/h2-5,12-13,22H,6-11H2,1H3. The summed E-state index contributed by atoms with van der Waals surface area (Å²) in [6.07, 6.45) is 2.22.